The van der Waals surface area contributed by atoms with Crippen molar-refractivity contribution in [2.24, 2.45) is 5.92 Å². The quantitative estimate of drug-likeness (QED) is 0.595. The number of carbonyl (C=O) groups excluding carboxylic acids is 1. The van der Waals surface area contributed by atoms with Crippen molar-refractivity contribution in [3.63, 3.8) is 0 Å². The van der Waals surface area contributed by atoms with Gasteiger partial charge in [0.25, 0.3) is 5.91 Å². The number of rotatable bonds is 6. The zero-order chi connectivity index (χ0) is 16.8. The van der Waals surface area contributed by atoms with Gasteiger partial charge in [0.15, 0.2) is 12.4 Å². The van der Waals surface area contributed by atoms with Crippen molar-refractivity contribution in [2.75, 3.05) is 20.2 Å². The SMILES string of the molecule is Cc1ccc([N+](=O)[O-])c(OCC(=O)N(C)CC2CCCCC2)c1. The molecule has 1 aliphatic rings. The van der Waals surface area contributed by atoms with E-state index in [1.54, 1.807) is 24.1 Å². The van der Waals surface area contributed by atoms with E-state index in [1.165, 1.54) is 38.2 Å². The van der Waals surface area contributed by atoms with Crippen LogP contribution in [0, 0.1) is 23.0 Å². The van der Waals surface area contributed by atoms with Crippen LogP contribution in [0.25, 0.3) is 0 Å². The van der Waals surface area contributed by atoms with Gasteiger partial charge in [0, 0.05) is 19.7 Å². The van der Waals surface area contributed by atoms with Gasteiger partial charge in [0.05, 0.1) is 4.92 Å². The molecule has 0 spiro atoms. The summed E-state index contributed by atoms with van der Waals surface area (Å²) in [5.41, 5.74) is 0.743. The van der Waals surface area contributed by atoms with Crippen LogP contribution < -0.4 is 4.74 Å². The molecule has 23 heavy (non-hydrogen) atoms. The average molecular weight is 320 g/mol. The molecule has 1 fully saturated rings. The molecule has 1 saturated carbocycles. The minimum absolute atomic E-state index is 0.113. The van der Waals surface area contributed by atoms with Gasteiger partial charge in [-0.15, -0.1) is 0 Å². The molecule has 1 aromatic carbocycles. The second-order valence-electron chi connectivity index (χ2n) is 6.30. The fourth-order valence-electron chi connectivity index (χ4n) is 3.00. The number of hydrogen-bond donors (Lipinski definition) is 0. The summed E-state index contributed by atoms with van der Waals surface area (Å²) in [7, 11) is 1.77. The lowest BCUT2D eigenvalue weighted by atomic mass is 9.89. The van der Waals surface area contributed by atoms with E-state index in [0.29, 0.717) is 5.92 Å². The number of nitrogens with zero attached hydrogens (tertiary/aromatic N) is 2. The fourth-order valence-corrected chi connectivity index (χ4v) is 3.00. The number of likely N-dealkylation sites (N-methyl/N-ethyl adjacent to an activating group) is 1. The highest BCUT2D eigenvalue weighted by molar-refractivity contribution is 5.77. The molecule has 126 valence electrons. The third kappa shape index (κ3) is 4.94. The van der Waals surface area contributed by atoms with E-state index in [9.17, 15) is 14.9 Å². The highest BCUT2D eigenvalue weighted by atomic mass is 16.6. The molecule has 2 rings (SSSR count). The molecule has 1 aliphatic carbocycles. The van der Waals surface area contributed by atoms with Crippen LogP contribution >= 0.6 is 0 Å². The third-order valence-corrected chi connectivity index (χ3v) is 4.35. The first-order valence-corrected chi connectivity index (χ1v) is 8.09. The average Bonchev–Trinajstić information content (AvgIpc) is 2.53. The Bertz CT molecular complexity index is 568. The zero-order valence-corrected chi connectivity index (χ0v) is 13.8. The lowest BCUT2D eigenvalue weighted by Crippen LogP contribution is -2.35. The van der Waals surface area contributed by atoms with Gasteiger partial charge < -0.3 is 9.64 Å². The molecule has 0 aliphatic heterocycles. The number of nitro groups is 1. The Labute approximate surface area is 136 Å². The van der Waals surface area contributed by atoms with Crippen LogP contribution in [0.2, 0.25) is 0 Å². The van der Waals surface area contributed by atoms with Gasteiger partial charge in [-0.2, -0.15) is 0 Å². The molecule has 0 bridgehead atoms. The van der Waals surface area contributed by atoms with Crippen molar-refractivity contribution < 1.29 is 14.5 Å². The maximum Gasteiger partial charge on any atom is 0.310 e. The van der Waals surface area contributed by atoms with Crippen molar-refractivity contribution in [2.45, 2.75) is 39.0 Å². The van der Waals surface area contributed by atoms with Gasteiger partial charge in [0.2, 0.25) is 0 Å². The van der Waals surface area contributed by atoms with Crippen LogP contribution in [-0.2, 0) is 4.79 Å². The Morgan fingerprint density at radius 2 is 2.04 bits per heavy atom. The third-order valence-electron chi connectivity index (χ3n) is 4.35. The predicted octanol–water partition coefficient (Wildman–Crippen LogP) is 3.32. The molecule has 0 radical (unpaired) electrons. The lowest BCUT2D eigenvalue weighted by Gasteiger charge is -2.27. The number of benzene rings is 1. The van der Waals surface area contributed by atoms with Gasteiger partial charge in [0.1, 0.15) is 0 Å². The summed E-state index contributed by atoms with van der Waals surface area (Å²) in [4.78, 5) is 24.4. The largest absolute Gasteiger partial charge is 0.477 e. The van der Waals surface area contributed by atoms with Gasteiger partial charge in [-0.1, -0.05) is 25.3 Å². The number of hydrogen-bond acceptors (Lipinski definition) is 4. The van der Waals surface area contributed by atoms with E-state index in [-0.39, 0.29) is 24.0 Å². The van der Waals surface area contributed by atoms with Crippen molar-refractivity contribution >= 4 is 11.6 Å². The monoisotopic (exact) mass is 320 g/mol. The second-order valence-corrected chi connectivity index (χ2v) is 6.30. The van der Waals surface area contributed by atoms with Gasteiger partial charge in [-0.05, 0) is 37.3 Å². The number of nitro benzene ring substituents is 1. The molecule has 0 unspecified atom stereocenters. The van der Waals surface area contributed by atoms with Crippen molar-refractivity contribution in [3.05, 3.63) is 33.9 Å². The predicted molar refractivity (Wildman–Crippen MR) is 87.5 cm³/mol. The summed E-state index contributed by atoms with van der Waals surface area (Å²) in [6.45, 7) is 2.39. The summed E-state index contributed by atoms with van der Waals surface area (Å²) >= 11 is 0. The first-order chi connectivity index (χ1) is 11.0. The summed E-state index contributed by atoms with van der Waals surface area (Å²) in [6.07, 6.45) is 6.09. The van der Waals surface area contributed by atoms with Crippen LogP contribution in [0.4, 0.5) is 5.69 Å². The van der Waals surface area contributed by atoms with E-state index in [1.807, 2.05) is 6.92 Å². The Morgan fingerprint density at radius 3 is 2.70 bits per heavy atom. The topological polar surface area (TPSA) is 72.7 Å². The minimum atomic E-state index is -0.495. The minimum Gasteiger partial charge on any atom is -0.477 e. The van der Waals surface area contributed by atoms with Crippen LogP contribution in [0.3, 0.4) is 0 Å². The normalized spacial score (nSPS) is 15.2. The Kier molecular flexibility index (Phi) is 5.96. The first kappa shape index (κ1) is 17.2. The van der Waals surface area contributed by atoms with Gasteiger partial charge >= 0.3 is 5.69 Å². The first-order valence-electron chi connectivity index (χ1n) is 8.09. The van der Waals surface area contributed by atoms with Crippen LogP contribution in [0.5, 0.6) is 5.75 Å². The van der Waals surface area contributed by atoms with Gasteiger partial charge in [-0.25, -0.2) is 0 Å². The maximum atomic E-state index is 12.2. The number of ether oxygens (including phenoxy) is 1. The van der Waals surface area contributed by atoms with Crippen molar-refractivity contribution in [1.82, 2.24) is 4.90 Å². The highest BCUT2D eigenvalue weighted by Crippen LogP contribution is 2.28. The van der Waals surface area contributed by atoms with Crippen LogP contribution in [-0.4, -0.2) is 35.9 Å². The Balaban J connectivity index is 1.90. The molecule has 6 nitrogen and oxygen atoms in total. The zero-order valence-electron chi connectivity index (χ0n) is 13.8. The molecule has 1 aromatic rings. The summed E-state index contributed by atoms with van der Waals surface area (Å²) < 4.78 is 5.42. The number of aryl methyl sites for hydroxylation is 1. The van der Waals surface area contributed by atoms with E-state index >= 15 is 0 Å². The molecule has 0 heterocycles. The molecule has 0 aromatic heterocycles. The Morgan fingerprint density at radius 1 is 1.35 bits per heavy atom. The van der Waals surface area contributed by atoms with Crippen molar-refractivity contribution in [3.8, 4) is 5.75 Å². The molecule has 0 N–H and O–H groups in total. The molecule has 6 heteroatoms. The molecular formula is C17H24N2O4. The van der Waals surface area contributed by atoms with E-state index in [4.69, 9.17) is 4.74 Å². The van der Waals surface area contributed by atoms with Crippen LogP contribution in [0.15, 0.2) is 18.2 Å². The van der Waals surface area contributed by atoms with Crippen LogP contribution in [0.1, 0.15) is 37.7 Å². The molecular weight excluding hydrogens is 296 g/mol. The Hall–Kier alpha value is -2.11. The standard InChI is InChI=1S/C17H24N2O4/c1-13-8-9-15(19(21)22)16(10-13)23-12-17(20)18(2)11-14-6-4-3-5-7-14/h8-10,14H,3-7,11-12H2,1-2H3. The fraction of sp³-hybridized carbons (Fsp3) is 0.588. The summed E-state index contributed by atoms with van der Waals surface area (Å²) in [5.74, 6) is 0.562. The van der Waals surface area contributed by atoms with E-state index < -0.39 is 4.92 Å². The summed E-state index contributed by atoms with van der Waals surface area (Å²) in [5, 5.41) is 11.0. The lowest BCUT2D eigenvalue weighted by molar-refractivity contribution is -0.385. The molecule has 1 amide bonds. The van der Waals surface area contributed by atoms with E-state index in [2.05, 4.69) is 0 Å². The smallest absolute Gasteiger partial charge is 0.310 e. The van der Waals surface area contributed by atoms with Gasteiger partial charge in [-0.3, -0.25) is 14.9 Å². The summed E-state index contributed by atoms with van der Waals surface area (Å²) in [6, 6.07) is 4.65. The highest BCUT2D eigenvalue weighted by Gasteiger charge is 2.20. The number of amides is 1. The maximum absolute atomic E-state index is 12.2. The second kappa shape index (κ2) is 7.94. The molecule has 0 atom stereocenters. The van der Waals surface area contributed by atoms with Crippen molar-refractivity contribution in [1.29, 1.82) is 0 Å². The van der Waals surface area contributed by atoms with E-state index in [0.717, 1.165) is 12.1 Å². The molecule has 0 saturated heterocycles. The number of carbonyl (C=O) groups is 1.